The van der Waals surface area contributed by atoms with Gasteiger partial charge in [-0.2, -0.15) is 0 Å². The van der Waals surface area contributed by atoms with Crippen molar-refractivity contribution in [3.05, 3.63) is 11.6 Å². The smallest absolute Gasteiger partial charge is 0.303 e. The predicted octanol–water partition coefficient (Wildman–Crippen LogP) is 4.20. The number of hydrogen-bond acceptors (Lipinski definition) is 2. The maximum absolute atomic E-state index is 11.1. The number of rotatable bonds is 3. The van der Waals surface area contributed by atoms with Crippen molar-refractivity contribution >= 4 is 53.8 Å². The molecule has 1 aliphatic rings. The maximum Gasteiger partial charge on any atom is 0.303 e. The third kappa shape index (κ3) is 4.06. The standard InChI is InChI=1S/C12H17Br3O2/c1-7(16)17-10-4-11(15)12(2,3)5-8(10)9(14)6-13/h5,9-11H,4,6H2,1-3H3/t9?,10-,11+/m1/s1. The number of alkyl halides is 3. The maximum atomic E-state index is 11.1. The van der Waals surface area contributed by atoms with Crippen molar-refractivity contribution in [1.82, 2.24) is 0 Å². The molecule has 0 saturated heterocycles. The van der Waals surface area contributed by atoms with Crippen LogP contribution in [0.15, 0.2) is 11.6 Å². The third-order valence-corrected chi connectivity index (χ3v) is 6.87. The molecule has 98 valence electrons. The van der Waals surface area contributed by atoms with Gasteiger partial charge in [0.2, 0.25) is 0 Å². The summed E-state index contributed by atoms with van der Waals surface area (Å²) >= 11 is 10.8. The molecule has 0 radical (unpaired) electrons. The zero-order valence-corrected chi connectivity index (χ0v) is 14.9. The van der Waals surface area contributed by atoms with Gasteiger partial charge in [0.05, 0.1) is 0 Å². The van der Waals surface area contributed by atoms with Crippen LogP contribution in [0.2, 0.25) is 0 Å². The van der Waals surface area contributed by atoms with E-state index in [1.54, 1.807) is 0 Å². The molecule has 0 saturated carbocycles. The van der Waals surface area contributed by atoms with Crippen LogP contribution in [0.25, 0.3) is 0 Å². The SMILES string of the molecule is CC(=O)O[C@@H]1C[C@H](Br)C(C)(C)C=C1C(Br)CBr. The highest BCUT2D eigenvalue weighted by molar-refractivity contribution is 9.12. The van der Waals surface area contributed by atoms with Gasteiger partial charge in [0.1, 0.15) is 6.10 Å². The Labute approximate surface area is 128 Å². The topological polar surface area (TPSA) is 26.3 Å². The van der Waals surface area contributed by atoms with Gasteiger partial charge >= 0.3 is 5.97 Å². The summed E-state index contributed by atoms with van der Waals surface area (Å²) in [5.74, 6) is -0.227. The van der Waals surface area contributed by atoms with Crippen molar-refractivity contribution in [2.24, 2.45) is 5.41 Å². The van der Waals surface area contributed by atoms with E-state index in [0.717, 1.165) is 17.3 Å². The summed E-state index contributed by atoms with van der Waals surface area (Å²) in [5, 5.41) is 0.805. The van der Waals surface area contributed by atoms with Crippen molar-refractivity contribution in [1.29, 1.82) is 0 Å². The molecule has 0 heterocycles. The Morgan fingerprint density at radius 1 is 1.65 bits per heavy atom. The van der Waals surface area contributed by atoms with Gasteiger partial charge in [-0.05, 0) is 11.0 Å². The first-order chi connectivity index (χ1) is 7.77. The molecule has 0 aromatic heterocycles. The molecule has 0 fully saturated rings. The van der Waals surface area contributed by atoms with Crippen molar-refractivity contribution in [2.75, 3.05) is 5.33 Å². The van der Waals surface area contributed by atoms with Crippen LogP contribution in [-0.4, -0.2) is 27.1 Å². The molecule has 0 aromatic carbocycles. The Morgan fingerprint density at radius 2 is 2.24 bits per heavy atom. The molecule has 1 aliphatic carbocycles. The lowest BCUT2D eigenvalue weighted by molar-refractivity contribution is -0.145. The van der Waals surface area contributed by atoms with Gasteiger partial charge in [-0.15, -0.1) is 0 Å². The Bertz CT molecular complexity index is 326. The molecule has 1 unspecified atom stereocenters. The Hall–Kier alpha value is 0.650. The molecule has 0 aromatic rings. The normalized spacial score (nSPS) is 29.4. The van der Waals surface area contributed by atoms with E-state index in [0.29, 0.717) is 4.83 Å². The number of esters is 1. The van der Waals surface area contributed by atoms with Gasteiger partial charge in [0.15, 0.2) is 0 Å². The zero-order chi connectivity index (χ0) is 13.2. The number of carbonyl (C=O) groups excluding carboxylic acids is 1. The van der Waals surface area contributed by atoms with Crippen LogP contribution in [-0.2, 0) is 9.53 Å². The van der Waals surface area contributed by atoms with Gasteiger partial charge in [0.25, 0.3) is 0 Å². The largest absolute Gasteiger partial charge is 0.458 e. The summed E-state index contributed by atoms with van der Waals surface area (Å²) in [5.41, 5.74) is 1.22. The second kappa shape index (κ2) is 6.20. The number of allylic oxidation sites excluding steroid dienone is 1. The van der Waals surface area contributed by atoms with Crippen LogP contribution in [0.4, 0.5) is 0 Å². The summed E-state index contributed by atoms with van der Waals surface area (Å²) in [6.07, 6.45) is 2.89. The van der Waals surface area contributed by atoms with Crippen LogP contribution in [0, 0.1) is 5.41 Å². The fraction of sp³-hybridized carbons (Fsp3) is 0.750. The average molecular weight is 433 g/mol. The fourth-order valence-electron chi connectivity index (χ4n) is 1.94. The average Bonchev–Trinajstić information content (AvgIpc) is 2.21. The van der Waals surface area contributed by atoms with Crippen molar-refractivity contribution in [3.8, 4) is 0 Å². The van der Waals surface area contributed by atoms with Crippen LogP contribution in [0.1, 0.15) is 27.2 Å². The monoisotopic (exact) mass is 430 g/mol. The van der Waals surface area contributed by atoms with Crippen LogP contribution < -0.4 is 0 Å². The molecule has 0 aliphatic heterocycles. The molecule has 0 amide bonds. The molecule has 3 atom stereocenters. The molecule has 0 bridgehead atoms. The van der Waals surface area contributed by atoms with E-state index in [-0.39, 0.29) is 22.3 Å². The van der Waals surface area contributed by atoms with Gasteiger partial charge in [-0.25, -0.2) is 0 Å². The highest BCUT2D eigenvalue weighted by Crippen LogP contribution is 2.41. The zero-order valence-electron chi connectivity index (χ0n) is 10.2. The van der Waals surface area contributed by atoms with E-state index in [9.17, 15) is 4.79 Å². The second-order valence-electron chi connectivity index (χ2n) is 4.89. The van der Waals surface area contributed by atoms with E-state index in [1.165, 1.54) is 6.92 Å². The quantitative estimate of drug-likeness (QED) is 0.379. The molecule has 2 nitrogen and oxygen atoms in total. The van der Waals surface area contributed by atoms with Crippen LogP contribution in [0.5, 0.6) is 0 Å². The van der Waals surface area contributed by atoms with Crippen LogP contribution in [0.3, 0.4) is 0 Å². The summed E-state index contributed by atoms with van der Waals surface area (Å²) < 4.78 is 5.40. The van der Waals surface area contributed by atoms with E-state index in [4.69, 9.17) is 4.74 Å². The summed E-state index contributed by atoms with van der Waals surface area (Å²) in [6.45, 7) is 5.83. The summed E-state index contributed by atoms with van der Waals surface area (Å²) in [6, 6.07) is 0. The molecular weight excluding hydrogens is 416 g/mol. The molecule has 5 heteroatoms. The number of ether oxygens (including phenoxy) is 1. The first-order valence-corrected chi connectivity index (χ1v) is 8.47. The van der Waals surface area contributed by atoms with Crippen molar-refractivity contribution in [2.45, 2.75) is 43.0 Å². The predicted molar refractivity (Wildman–Crippen MR) is 81.3 cm³/mol. The highest BCUT2D eigenvalue weighted by Gasteiger charge is 2.38. The third-order valence-electron chi connectivity index (χ3n) is 2.94. The lowest BCUT2D eigenvalue weighted by atomic mass is 9.77. The van der Waals surface area contributed by atoms with E-state index < -0.39 is 0 Å². The van der Waals surface area contributed by atoms with Crippen molar-refractivity contribution < 1.29 is 9.53 Å². The minimum atomic E-state index is -0.227. The minimum absolute atomic E-state index is 0.0696. The summed E-state index contributed by atoms with van der Waals surface area (Å²) in [7, 11) is 0. The molecular formula is C12H17Br3O2. The molecule has 1 rings (SSSR count). The highest BCUT2D eigenvalue weighted by atomic mass is 79.9. The lowest BCUT2D eigenvalue weighted by Gasteiger charge is -2.38. The number of hydrogen-bond donors (Lipinski definition) is 0. The van der Waals surface area contributed by atoms with E-state index in [1.807, 2.05) is 0 Å². The van der Waals surface area contributed by atoms with E-state index >= 15 is 0 Å². The van der Waals surface area contributed by atoms with Gasteiger partial charge in [-0.3, -0.25) is 4.79 Å². The molecule has 0 N–H and O–H groups in total. The minimum Gasteiger partial charge on any atom is -0.458 e. The van der Waals surface area contributed by atoms with Gasteiger partial charge in [-0.1, -0.05) is 67.7 Å². The summed E-state index contributed by atoms with van der Waals surface area (Å²) in [4.78, 5) is 11.7. The first-order valence-electron chi connectivity index (χ1n) is 5.52. The Balaban J connectivity index is 3.00. The number of halogens is 3. The number of carbonyl (C=O) groups is 1. The molecule has 0 spiro atoms. The van der Waals surface area contributed by atoms with Gasteiger partial charge in [0, 0.05) is 28.3 Å². The first kappa shape index (κ1) is 15.7. The second-order valence-corrected chi connectivity index (χ2v) is 7.75. The van der Waals surface area contributed by atoms with Crippen LogP contribution >= 0.6 is 47.8 Å². The van der Waals surface area contributed by atoms with Gasteiger partial charge < -0.3 is 4.74 Å². The Kier molecular flexibility index (Phi) is 5.73. The fourth-order valence-corrected chi connectivity index (χ4v) is 3.21. The van der Waals surface area contributed by atoms with Crippen molar-refractivity contribution in [3.63, 3.8) is 0 Å². The molecule has 17 heavy (non-hydrogen) atoms. The van der Waals surface area contributed by atoms with E-state index in [2.05, 4.69) is 67.7 Å². The lowest BCUT2D eigenvalue weighted by Crippen LogP contribution is -2.38. The Morgan fingerprint density at radius 3 is 2.71 bits per heavy atom.